The van der Waals surface area contributed by atoms with Crippen LogP contribution in [0.15, 0.2) is 59.4 Å². The Kier molecular flexibility index (Phi) is 4.67. The van der Waals surface area contributed by atoms with Crippen LogP contribution in [0.4, 0.5) is 5.69 Å². The molecule has 1 heterocycles. The minimum absolute atomic E-state index is 0.0921. The molecule has 122 valence electrons. The Hall–Kier alpha value is -2.59. The number of carbonyl (C=O) groups excluding carboxylic acids is 1. The lowest BCUT2D eigenvalue weighted by atomic mass is 10.1. The molecule has 0 radical (unpaired) electrons. The maximum absolute atomic E-state index is 12.3. The van der Waals surface area contributed by atoms with Gasteiger partial charge >= 0.3 is 0 Å². The predicted molar refractivity (Wildman–Crippen MR) is 97.6 cm³/mol. The molecule has 1 N–H and O–H groups in total. The van der Waals surface area contributed by atoms with Crippen molar-refractivity contribution in [2.24, 2.45) is 0 Å². The molecule has 1 amide bonds. The number of aromatic nitrogens is 1. The van der Waals surface area contributed by atoms with Crippen molar-refractivity contribution in [1.82, 2.24) is 4.57 Å². The zero-order valence-electron chi connectivity index (χ0n) is 13.3. The Bertz CT molecular complexity index is 946. The first kappa shape index (κ1) is 16.3. The average Bonchev–Trinajstić information content (AvgIpc) is 2.57. The molecule has 24 heavy (non-hydrogen) atoms. The van der Waals surface area contributed by atoms with Gasteiger partial charge in [0, 0.05) is 35.1 Å². The van der Waals surface area contributed by atoms with Crippen LogP contribution in [0.3, 0.4) is 0 Å². The summed E-state index contributed by atoms with van der Waals surface area (Å²) in [5.41, 5.74) is 2.38. The largest absolute Gasteiger partial charge is 0.326 e. The highest BCUT2D eigenvalue weighted by Gasteiger charge is 2.08. The molecule has 2 aromatic carbocycles. The van der Waals surface area contributed by atoms with Crippen LogP contribution >= 0.6 is 11.6 Å². The summed E-state index contributed by atoms with van der Waals surface area (Å²) < 4.78 is 1.64. The van der Waals surface area contributed by atoms with E-state index in [1.165, 1.54) is 0 Å². The van der Waals surface area contributed by atoms with E-state index in [0.717, 1.165) is 16.5 Å². The van der Waals surface area contributed by atoms with Crippen molar-refractivity contribution in [3.8, 4) is 0 Å². The van der Waals surface area contributed by atoms with Gasteiger partial charge in [-0.25, -0.2) is 0 Å². The Balaban J connectivity index is 1.77. The van der Waals surface area contributed by atoms with Gasteiger partial charge in [0.15, 0.2) is 0 Å². The van der Waals surface area contributed by atoms with E-state index in [-0.39, 0.29) is 17.9 Å². The molecule has 0 spiro atoms. The van der Waals surface area contributed by atoms with E-state index >= 15 is 0 Å². The molecule has 1 aromatic heterocycles. The third-order valence-electron chi connectivity index (χ3n) is 3.92. The minimum atomic E-state index is -0.145. The van der Waals surface area contributed by atoms with E-state index in [9.17, 15) is 9.59 Å². The number of hydrogen-bond donors (Lipinski definition) is 1. The Morgan fingerprint density at radius 1 is 1.12 bits per heavy atom. The van der Waals surface area contributed by atoms with Crippen molar-refractivity contribution in [1.29, 1.82) is 0 Å². The van der Waals surface area contributed by atoms with Gasteiger partial charge in [0.05, 0.1) is 5.52 Å². The van der Waals surface area contributed by atoms with Gasteiger partial charge in [0.1, 0.15) is 0 Å². The number of halogens is 1. The smallest absolute Gasteiger partial charge is 0.251 e. The maximum atomic E-state index is 12.3. The van der Waals surface area contributed by atoms with Gasteiger partial charge in [-0.15, -0.1) is 0 Å². The molecule has 0 aliphatic rings. The molecule has 0 saturated heterocycles. The molecule has 0 saturated carbocycles. The Morgan fingerprint density at radius 2 is 1.83 bits per heavy atom. The van der Waals surface area contributed by atoms with Crippen LogP contribution in [-0.2, 0) is 11.3 Å². The first-order valence-electron chi connectivity index (χ1n) is 7.69. The predicted octanol–water partition coefficient (Wildman–Crippen LogP) is 3.99. The monoisotopic (exact) mass is 340 g/mol. The second-order valence-corrected chi connectivity index (χ2v) is 6.08. The summed E-state index contributed by atoms with van der Waals surface area (Å²) >= 11 is 5.82. The highest BCUT2D eigenvalue weighted by molar-refractivity contribution is 6.30. The number of fused-ring (bicyclic) bond motifs is 1. The van der Waals surface area contributed by atoms with Crippen LogP contribution < -0.4 is 10.9 Å². The summed E-state index contributed by atoms with van der Waals surface area (Å²) in [5.74, 6) is -0.145. The second kappa shape index (κ2) is 6.89. The van der Waals surface area contributed by atoms with E-state index in [1.54, 1.807) is 34.9 Å². The number of nitrogens with one attached hydrogen (secondary N) is 1. The molecule has 3 rings (SSSR count). The van der Waals surface area contributed by atoms with Crippen molar-refractivity contribution in [3.63, 3.8) is 0 Å². The third-order valence-corrected chi connectivity index (χ3v) is 4.17. The van der Waals surface area contributed by atoms with E-state index in [0.29, 0.717) is 17.3 Å². The second-order valence-electron chi connectivity index (χ2n) is 5.64. The number of carbonyl (C=O) groups is 1. The van der Waals surface area contributed by atoms with Crippen molar-refractivity contribution in [2.45, 2.75) is 19.9 Å². The summed E-state index contributed by atoms with van der Waals surface area (Å²) in [6, 6.07) is 16.3. The van der Waals surface area contributed by atoms with E-state index in [4.69, 9.17) is 11.6 Å². The summed E-state index contributed by atoms with van der Waals surface area (Å²) in [7, 11) is 0. The molecule has 0 aliphatic heterocycles. The lowest BCUT2D eigenvalue weighted by Gasteiger charge is -2.12. The van der Waals surface area contributed by atoms with E-state index < -0.39 is 0 Å². The van der Waals surface area contributed by atoms with Gasteiger partial charge in [0.2, 0.25) is 5.91 Å². The summed E-state index contributed by atoms with van der Waals surface area (Å²) in [4.78, 5) is 24.4. The average molecular weight is 341 g/mol. The third kappa shape index (κ3) is 3.49. The molecular formula is C19H17ClN2O2. The number of aryl methyl sites for hydroxylation is 2. The van der Waals surface area contributed by atoms with E-state index in [1.807, 2.05) is 31.2 Å². The fourth-order valence-corrected chi connectivity index (χ4v) is 2.83. The maximum Gasteiger partial charge on any atom is 0.251 e. The normalized spacial score (nSPS) is 10.8. The van der Waals surface area contributed by atoms with E-state index in [2.05, 4.69) is 5.32 Å². The van der Waals surface area contributed by atoms with Crippen molar-refractivity contribution >= 4 is 34.1 Å². The Morgan fingerprint density at radius 3 is 2.58 bits per heavy atom. The van der Waals surface area contributed by atoms with Crippen LogP contribution in [0.2, 0.25) is 5.02 Å². The van der Waals surface area contributed by atoms with Gasteiger partial charge in [-0.05, 0) is 42.8 Å². The quantitative estimate of drug-likeness (QED) is 0.780. The van der Waals surface area contributed by atoms with Crippen LogP contribution in [0.1, 0.15) is 12.0 Å². The zero-order chi connectivity index (χ0) is 17.1. The molecule has 0 unspecified atom stereocenters. The van der Waals surface area contributed by atoms with Gasteiger partial charge in [0.25, 0.3) is 5.56 Å². The van der Waals surface area contributed by atoms with Crippen LogP contribution in [0, 0.1) is 6.92 Å². The van der Waals surface area contributed by atoms with Crippen LogP contribution in [-0.4, -0.2) is 10.5 Å². The fourth-order valence-electron chi connectivity index (χ4n) is 2.70. The molecule has 0 aliphatic carbocycles. The molecule has 4 nitrogen and oxygen atoms in total. The number of hydrogen-bond acceptors (Lipinski definition) is 2. The summed E-state index contributed by atoms with van der Waals surface area (Å²) in [5, 5.41) is 4.45. The number of nitrogens with zero attached hydrogens (tertiary/aromatic N) is 1. The number of anilines is 1. The molecule has 0 fully saturated rings. The number of amides is 1. The van der Waals surface area contributed by atoms with Gasteiger partial charge < -0.3 is 9.88 Å². The minimum Gasteiger partial charge on any atom is -0.326 e. The molecule has 0 atom stereocenters. The van der Waals surface area contributed by atoms with Gasteiger partial charge in [-0.3, -0.25) is 9.59 Å². The Labute approximate surface area is 144 Å². The zero-order valence-corrected chi connectivity index (χ0v) is 14.0. The lowest BCUT2D eigenvalue weighted by Crippen LogP contribution is -2.23. The van der Waals surface area contributed by atoms with Crippen LogP contribution in [0.25, 0.3) is 10.9 Å². The first-order chi connectivity index (χ1) is 11.5. The first-order valence-corrected chi connectivity index (χ1v) is 8.07. The number of pyridine rings is 1. The van der Waals surface area contributed by atoms with Crippen molar-refractivity contribution < 1.29 is 4.79 Å². The van der Waals surface area contributed by atoms with Crippen molar-refractivity contribution in [2.75, 3.05) is 5.32 Å². The topological polar surface area (TPSA) is 51.1 Å². The van der Waals surface area contributed by atoms with Crippen LogP contribution in [0.5, 0.6) is 0 Å². The number of rotatable bonds is 4. The summed E-state index contributed by atoms with van der Waals surface area (Å²) in [6.07, 6.45) is 0.218. The molecular weight excluding hydrogens is 324 g/mol. The number of para-hydroxylation sites is 1. The molecule has 3 aromatic rings. The number of benzene rings is 2. The lowest BCUT2D eigenvalue weighted by molar-refractivity contribution is -0.116. The highest BCUT2D eigenvalue weighted by Crippen LogP contribution is 2.17. The fraction of sp³-hybridized carbons (Fsp3) is 0.158. The van der Waals surface area contributed by atoms with Gasteiger partial charge in [-0.2, -0.15) is 0 Å². The van der Waals surface area contributed by atoms with Crippen molar-refractivity contribution in [3.05, 3.63) is 75.5 Å². The highest BCUT2D eigenvalue weighted by atomic mass is 35.5. The standard InChI is InChI=1S/C19H17ClN2O2/c1-13-12-19(24)22(17-5-3-2-4-16(13)17)11-10-18(23)21-15-8-6-14(20)7-9-15/h2-9,12H,10-11H2,1H3,(H,21,23). The molecule has 5 heteroatoms. The van der Waals surface area contributed by atoms with Gasteiger partial charge in [-0.1, -0.05) is 29.8 Å². The molecule has 0 bridgehead atoms. The SMILES string of the molecule is Cc1cc(=O)n(CCC(=O)Nc2ccc(Cl)cc2)c2ccccc12. The summed E-state index contributed by atoms with van der Waals surface area (Å²) in [6.45, 7) is 2.25.